The second-order valence-corrected chi connectivity index (χ2v) is 4.45. The van der Waals surface area contributed by atoms with Gasteiger partial charge in [0, 0.05) is 19.1 Å². The van der Waals surface area contributed by atoms with Gasteiger partial charge in [0.2, 0.25) is 5.95 Å². The van der Waals surface area contributed by atoms with E-state index in [0.717, 1.165) is 25.3 Å². The molecule has 3 N–H and O–H groups in total. The van der Waals surface area contributed by atoms with Crippen LogP contribution in [-0.2, 0) is 9.47 Å². The van der Waals surface area contributed by atoms with Gasteiger partial charge in [-0.2, -0.15) is 4.98 Å². The lowest BCUT2D eigenvalue weighted by Crippen LogP contribution is -2.27. The Morgan fingerprint density at radius 1 is 1.41 bits per heavy atom. The molecule has 2 aliphatic heterocycles. The van der Waals surface area contributed by atoms with Crippen molar-refractivity contribution in [2.45, 2.75) is 18.6 Å². The first-order valence-corrected chi connectivity index (χ1v) is 5.95. The molecule has 0 spiro atoms. The fraction of sp³-hybridized carbons (Fsp3) is 0.800. The molecule has 3 heterocycles. The highest BCUT2D eigenvalue weighted by Crippen LogP contribution is 2.20. The molecule has 94 valence electrons. The molecule has 2 unspecified atom stereocenters. The zero-order valence-corrected chi connectivity index (χ0v) is 9.63. The van der Waals surface area contributed by atoms with Crippen LogP contribution in [0.3, 0.4) is 0 Å². The third-order valence-electron chi connectivity index (χ3n) is 3.12. The Bertz CT molecular complexity index is 357. The number of H-pyrrole nitrogens is 1. The quantitative estimate of drug-likeness (QED) is 0.718. The molecule has 1 aromatic heterocycles. The van der Waals surface area contributed by atoms with Crippen LogP contribution in [0.15, 0.2) is 0 Å². The summed E-state index contributed by atoms with van der Waals surface area (Å²) >= 11 is 0. The van der Waals surface area contributed by atoms with Crippen molar-refractivity contribution in [1.29, 1.82) is 0 Å². The lowest BCUT2D eigenvalue weighted by Gasteiger charge is -2.20. The number of nitrogens with zero attached hydrogens (tertiary/aromatic N) is 3. The fourth-order valence-electron chi connectivity index (χ4n) is 2.17. The SMILES string of the molecule is NC1CCN(c2n[nH]c(C3COCCO3)n2)C1. The van der Waals surface area contributed by atoms with Gasteiger partial charge < -0.3 is 20.1 Å². The maximum atomic E-state index is 5.86. The van der Waals surface area contributed by atoms with E-state index >= 15 is 0 Å². The topological polar surface area (TPSA) is 89.3 Å². The maximum Gasteiger partial charge on any atom is 0.244 e. The molecule has 2 saturated heterocycles. The largest absolute Gasteiger partial charge is 0.376 e. The first-order chi connectivity index (χ1) is 8.33. The van der Waals surface area contributed by atoms with Crippen LogP contribution in [0.2, 0.25) is 0 Å². The zero-order chi connectivity index (χ0) is 11.7. The minimum absolute atomic E-state index is 0.124. The molecule has 2 fully saturated rings. The smallest absolute Gasteiger partial charge is 0.244 e. The molecule has 2 aliphatic rings. The predicted molar refractivity (Wildman–Crippen MR) is 60.7 cm³/mol. The van der Waals surface area contributed by atoms with Crippen molar-refractivity contribution in [2.75, 3.05) is 37.8 Å². The van der Waals surface area contributed by atoms with E-state index in [1.54, 1.807) is 0 Å². The molecule has 0 aromatic carbocycles. The van der Waals surface area contributed by atoms with E-state index in [-0.39, 0.29) is 12.1 Å². The highest BCUT2D eigenvalue weighted by Gasteiger charge is 2.25. The van der Waals surface area contributed by atoms with E-state index in [1.807, 2.05) is 0 Å². The van der Waals surface area contributed by atoms with Gasteiger partial charge in [-0.25, -0.2) is 0 Å². The summed E-state index contributed by atoms with van der Waals surface area (Å²) in [6.07, 6.45) is 0.869. The third-order valence-corrected chi connectivity index (χ3v) is 3.12. The normalized spacial score (nSPS) is 29.8. The second-order valence-electron chi connectivity index (χ2n) is 4.45. The molecule has 0 aliphatic carbocycles. The first-order valence-electron chi connectivity index (χ1n) is 5.95. The van der Waals surface area contributed by atoms with Crippen LogP contribution in [0, 0.1) is 0 Å². The molecule has 0 saturated carbocycles. The number of nitrogens with one attached hydrogen (secondary N) is 1. The van der Waals surface area contributed by atoms with Gasteiger partial charge in [0.25, 0.3) is 0 Å². The molecule has 7 nitrogen and oxygen atoms in total. The van der Waals surface area contributed by atoms with Crippen molar-refractivity contribution in [2.24, 2.45) is 5.73 Å². The van der Waals surface area contributed by atoms with Crippen LogP contribution in [-0.4, -0.2) is 54.1 Å². The Balaban J connectivity index is 1.69. The van der Waals surface area contributed by atoms with Crippen molar-refractivity contribution in [1.82, 2.24) is 15.2 Å². The van der Waals surface area contributed by atoms with Crippen LogP contribution >= 0.6 is 0 Å². The average molecular weight is 239 g/mol. The Kier molecular flexibility index (Phi) is 2.96. The summed E-state index contributed by atoms with van der Waals surface area (Å²) in [4.78, 5) is 6.54. The number of ether oxygens (including phenoxy) is 2. The average Bonchev–Trinajstić information content (AvgIpc) is 2.98. The Hall–Kier alpha value is -1.18. The maximum absolute atomic E-state index is 5.86. The molecule has 0 radical (unpaired) electrons. The Morgan fingerprint density at radius 3 is 3.06 bits per heavy atom. The molecule has 2 atom stereocenters. The Labute approximate surface area is 99.3 Å². The number of hydrogen-bond acceptors (Lipinski definition) is 6. The lowest BCUT2D eigenvalue weighted by molar-refractivity contribution is -0.0933. The van der Waals surface area contributed by atoms with Gasteiger partial charge in [-0.05, 0) is 6.42 Å². The highest BCUT2D eigenvalue weighted by atomic mass is 16.6. The highest BCUT2D eigenvalue weighted by molar-refractivity contribution is 5.31. The lowest BCUT2D eigenvalue weighted by atomic mass is 10.3. The summed E-state index contributed by atoms with van der Waals surface area (Å²) < 4.78 is 10.9. The van der Waals surface area contributed by atoms with E-state index in [0.29, 0.717) is 25.8 Å². The van der Waals surface area contributed by atoms with Crippen LogP contribution in [0.4, 0.5) is 5.95 Å². The minimum atomic E-state index is -0.124. The summed E-state index contributed by atoms with van der Waals surface area (Å²) in [5.74, 6) is 1.45. The summed E-state index contributed by atoms with van der Waals surface area (Å²) in [6.45, 7) is 3.53. The predicted octanol–water partition coefficient (Wildman–Crippen LogP) is -0.570. The fourth-order valence-corrected chi connectivity index (χ4v) is 2.17. The summed E-state index contributed by atoms with van der Waals surface area (Å²) in [5, 5.41) is 7.13. The van der Waals surface area contributed by atoms with Crippen molar-refractivity contribution < 1.29 is 9.47 Å². The van der Waals surface area contributed by atoms with Gasteiger partial charge in [0.15, 0.2) is 5.82 Å². The van der Waals surface area contributed by atoms with E-state index in [4.69, 9.17) is 15.2 Å². The van der Waals surface area contributed by atoms with Crippen LogP contribution in [0.25, 0.3) is 0 Å². The Morgan fingerprint density at radius 2 is 2.35 bits per heavy atom. The number of rotatable bonds is 2. The van der Waals surface area contributed by atoms with Gasteiger partial charge in [-0.3, -0.25) is 5.10 Å². The summed E-state index contributed by atoms with van der Waals surface area (Å²) in [6, 6.07) is 0.228. The zero-order valence-electron chi connectivity index (χ0n) is 9.63. The van der Waals surface area contributed by atoms with Crippen molar-refractivity contribution >= 4 is 5.95 Å². The number of nitrogens with two attached hydrogens (primary N) is 1. The van der Waals surface area contributed by atoms with Gasteiger partial charge >= 0.3 is 0 Å². The molecule has 0 bridgehead atoms. The summed E-state index contributed by atoms with van der Waals surface area (Å²) in [5.41, 5.74) is 5.86. The molecule has 7 heteroatoms. The third kappa shape index (κ3) is 2.26. The standard InChI is InChI=1S/C10H17N5O2/c11-7-1-2-15(5-7)10-12-9(13-14-10)8-6-16-3-4-17-8/h7-8H,1-6,11H2,(H,12,13,14). The summed E-state index contributed by atoms with van der Waals surface area (Å²) in [7, 11) is 0. The van der Waals surface area contributed by atoms with E-state index in [2.05, 4.69) is 20.1 Å². The second kappa shape index (κ2) is 4.59. The van der Waals surface area contributed by atoms with Crippen LogP contribution < -0.4 is 10.6 Å². The molecular formula is C10H17N5O2. The molecule has 3 rings (SSSR count). The number of anilines is 1. The van der Waals surface area contributed by atoms with Gasteiger partial charge in [-0.1, -0.05) is 0 Å². The van der Waals surface area contributed by atoms with Crippen LogP contribution in [0.5, 0.6) is 0 Å². The van der Waals surface area contributed by atoms with E-state index in [1.165, 1.54) is 0 Å². The van der Waals surface area contributed by atoms with Crippen molar-refractivity contribution in [3.8, 4) is 0 Å². The number of hydrogen-bond donors (Lipinski definition) is 2. The van der Waals surface area contributed by atoms with Crippen molar-refractivity contribution in [3.63, 3.8) is 0 Å². The number of aromatic amines is 1. The van der Waals surface area contributed by atoms with E-state index < -0.39 is 0 Å². The van der Waals surface area contributed by atoms with Crippen molar-refractivity contribution in [3.05, 3.63) is 5.82 Å². The van der Waals surface area contributed by atoms with Crippen LogP contribution in [0.1, 0.15) is 18.3 Å². The van der Waals surface area contributed by atoms with Gasteiger partial charge in [0.05, 0.1) is 19.8 Å². The number of aromatic nitrogens is 3. The molecular weight excluding hydrogens is 222 g/mol. The monoisotopic (exact) mass is 239 g/mol. The van der Waals surface area contributed by atoms with Gasteiger partial charge in [0.1, 0.15) is 6.10 Å². The first kappa shape index (κ1) is 10.9. The molecule has 1 aromatic rings. The van der Waals surface area contributed by atoms with E-state index in [9.17, 15) is 0 Å². The molecule has 17 heavy (non-hydrogen) atoms. The van der Waals surface area contributed by atoms with Gasteiger partial charge in [-0.15, -0.1) is 5.10 Å². The minimum Gasteiger partial charge on any atom is -0.376 e. The molecule has 0 amide bonds.